The minimum Gasteiger partial charge on any atom is -0.325 e. The van der Waals surface area contributed by atoms with E-state index in [0.717, 1.165) is 23.0 Å². The van der Waals surface area contributed by atoms with Crippen LogP contribution in [0, 0.1) is 6.92 Å². The number of amides is 1. The van der Waals surface area contributed by atoms with Gasteiger partial charge in [-0.05, 0) is 45.4 Å². The van der Waals surface area contributed by atoms with E-state index in [1.54, 1.807) is 12.1 Å². The zero-order valence-corrected chi connectivity index (χ0v) is 15.6. The molecule has 0 fully saturated rings. The topological polar surface area (TPSA) is 70.9 Å². The van der Waals surface area contributed by atoms with E-state index in [2.05, 4.69) is 5.32 Å². The average molecular weight is 342 g/mol. The van der Waals surface area contributed by atoms with Gasteiger partial charge in [-0.3, -0.25) is 4.79 Å². The molecule has 23 heavy (non-hydrogen) atoms. The molecular formula is C16H28N3O3S+. The Bertz CT molecular complexity index is 653. The van der Waals surface area contributed by atoms with Gasteiger partial charge >= 0.3 is 0 Å². The van der Waals surface area contributed by atoms with E-state index in [1.165, 1.54) is 25.1 Å². The largest absolute Gasteiger partial charge is 0.325 e. The van der Waals surface area contributed by atoms with E-state index in [-0.39, 0.29) is 16.8 Å². The van der Waals surface area contributed by atoms with Crippen LogP contribution in [0.4, 0.5) is 5.69 Å². The van der Waals surface area contributed by atoms with Crippen molar-refractivity contribution in [2.24, 2.45) is 0 Å². The second-order valence-corrected chi connectivity index (χ2v) is 7.99. The number of rotatable bonds is 7. The number of carbonyl (C=O) groups excluding carboxylic acids is 1. The molecular weight excluding hydrogens is 314 g/mol. The SMILES string of the molecule is CC[NH+](CC)[C@@H](C)C(=O)Nc1cc(S(=O)(=O)N(C)C)ccc1C. The lowest BCUT2D eigenvalue weighted by atomic mass is 10.2. The fourth-order valence-corrected chi connectivity index (χ4v) is 3.32. The molecule has 0 heterocycles. The van der Waals surface area contributed by atoms with Gasteiger partial charge in [-0.25, -0.2) is 12.7 Å². The van der Waals surface area contributed by atoms with E-state index in [1.807, 2.05) is 27.7 Å². The fourth-order valence-electron chi connectivity index (χ4n) is 2.40. The molecule has 6 nitrogen and oxygen atoms in total. The number of sulfonamides is 1. The number of nitrogens with one attached hydrogen (secondary N) is 2. The molecule has 0 saturated carbocycles. The first kappa shape index (κ1) is 19.6. The number of carbonyl (C=O) groups is 1. The van der Waals surface area contributed by atoms with Gasteiger partial charge in [0.25, 0.3) is 5.91 Å². The summed E-state index contributed by atoms with van der Waals surface area (Å²) >= 11 is 0. The molecule has 0 bridgehead atoms. The summed E-state index contributed by atoms with van der Waals surface area (Å²) < 4.78 is 25.6. The Morgan fingerprint density at radius 3 is 2.30 bits per heavy atom. The Hall–Kier alpha value is -1.44. The second kappa shape index (κ2) is 7.90. The standard InChI is InChI=1S/C16H27N3O3S/c1-7-19(8-2)13(4)16(20)17-15-11-14(10-9-12(15)3)23(21,22)18(5)6/h9-11,13H,7-8H2,1-6H3,(H,17,20)/p+1/t13-/m0/s1. The third-order valence-corrected chi connectivity index (χ3v) is 5.97. The van der Waals surface area contributed by atoms with Crippen LogP contribution in [0.2, 0.25) is 0 Å². The number of hydrogen-bond acceptors (Lipinski definition) is 3. The molecule has 130 valence electrons. The lowest BCUT2D eigenvalue weighted by Crippen LogP contribution is -3.16. The van der Waals surface area contributed by atoms with Crippen LogP contribution in [0.3, 0.4) is 0 Å². The number of anilines is 1. The van der Waals surface area contributed by atoms with Crippen molar-refractivity contribution in [3.8, 4) is 0 Å². The van der Waals surface area contributed by atoms with Gasteiger partial charge in [-0.2, -0.15) is 0 Å². The average Bonchev–Trinajstić information content (AvgIpc) is 2.50. The highest BCUT2D eigenvalue weighted by Gasteiger charge is 2.24. The van der Waals surface area contributed by atoms with E-state index >= 15 is 0 Å². The van der Waals surface area contributed by atoms with Crippen molar-refractivity contribution in [1.29, 1.82) is 0 Å². The van der Waals surface area contributed by atoms with Crippen molar-refractivity contribution in [3.05, 3.63) is 23.8 Å². The molecule has 0 aliphatic carbocycles. The van der Waals surface area contributed by atoms with Gasteiger partial charge in [0.1, 0.15) is 0 Å². The highest BCUT2D eigenvalue weighted by molar-refractivity contribution is 7.89. The molecule has 0 unspecified atom stereocenters. The van der Waals surface area contributed by atoms with E-state index in [9.17, 15) is 13.2 Å². The van der Waals surface area contributed by atoms with Crippen LogP contribution in [0.1, 0.15) is 26.3 Å². The van der Waals surface area contributed by atoms with Crippen LogP contribution >= 0.6 is 0 Å². The number of quaternary nitrogens is 1. The normalized spacial score (nSPS) is 13.4. The summed E-state index contributed by atoms with van der Waals surface area (Å²) in [5.74, 6) is -0.105. The molecule has 0 saturated heterocycles. The Balaban J connectivity index is 3.08. The third kappa shape index (κ3) is 4.53. The van der Waals surface area contributed by atoms with E-state index in [0.29, 0.717) is 5.69 Å². The zero-order valence-electron chi connectivity index (χ0n) is 14.8. The predicted octanol–water partition coefficient (Wildman–Crippen LogP) is 0.497. The summed E-state index contributed by atoms with van der Waals surface area (Å²) in [5, 5.41) is 2.87. The summed E-state index contributed by atoms with van der Waals surface area (Å²) in [6.45, 7) is 9.53. The van der Waals surface area contributed by atoms with Crippen molar-refractivity contribution in [2.45, 2.75) is 38.6 Å². The molecule has 7 heteroatoms. The van der Waals surface area contributed by atoms with E-state index < -0.39 is 10.0 Å². The molecule has 1 amide bonds. The van der Waals surface area contributed by atoms with Crippen molar-refractivity contribution in [3.63, 3.8) is 0 Å². The monoisotopic (exact) mass is 342 g/mol. The first-order chi connectivity index (χ1) is 10.6. The number of benzene rings is 1. The zero-order chi connectivity index (χ0) is 17.8. The number of likely N-dealkylation sites (N-methyl/N-ethyl adjacent to an activating group) is 1. The molecule has 0 aromatic heterocycles. The maximum absolute atomic E-state index is 12.4. The second-order valence-electron chi connectivity index (χ2n) is 5.84. The summed E-state index contributed by atoms with van der Waals surface area (Å²) in [6.07, 6.45) is 0. The lowest BCUT2D eigenvalue weighted by Gasteiger charge is -2.23. The molecule has 2 N–H and O–H groups in total. The molecule has 0 aliphatic heterocycles. The Morgan fingerprint density at radius 2 is 1.83 bits per heavy atom. The van der Waals surface area contributed by atoms with Crippen LogP contribution < -0.4 is 10.2 Å². The number of aryl methyl sites for hydroxylation is 1. The summed E-state index contributed by atoms with van der Waals surface area (Å²) in [4.78, 5) is 13.8. The predicted molar refractivity (Wildman–Crippen MR) is 92.2 cm³/mol. The Kier molecular flexibility index (Phi) is 6.73. The molecule has 1 aromatic rings. The lowest BCUT2D eigenvalue weighted by molar-refractivity contribution is -0.910. The molecule has 1 aromatic carbocycles. The quantitative estimate of drug-likeness (QED) is 0.758. The van der Waals surface area contributed by atoms with Crippen molar-refractivity contribution < 1.29 is 18.1 Å². The van der Waals surface area contributed by atoms with Gasteiger partial charge in [0.05, 0.1) is 18.0 Å². The van der Waals surface area contributed by atoms with Crippen molar-refractivity contribution >= 4 is 21.6 Å². The number of nitrogens with zero attached hydrogens (tertiary/aromatic N) is 1. The summed E-state index contributed by atoms with van der Waals surface area (Å²) in [7, 11) is -0.550. The molecule has 0 aliphatic rings. The maximum Gasteiger partial charge on any atom is 0.282 e. The highest BCUT2D eigenvalue weighted by atomic mass is 32.2. The van der Waals surface area contributed by atoms with Gasteiger partial charge in [-0.1, -0.05) is 6.07 Å². The minimum atomic E-state index is -3.52. The van der Waals surface area contributed by atoms with Crippen LogP contribution in [-0.2, 0) is 14.8 Å². The van der Waals surface area contributed by atoms with Crippen LogP contribution in [0.15, 0.2) is 23.1 Å². The van der Waals surface area contributed by atoms with Gasteiger partial charge in [0.2, 0.25) is 10.0 Å². The van der Waals surface area contributed by atoms with Gasteiger partial charge in [0.15, 0.2) is 6.04 Å². The fraction of sp³-hybridized carbons (Fsp3) is 0.562. The number of hydrogen-bond donors (Lipinski definition) is 2. The highest BCUT2D eigenvalue weighted by Crippen LogP contribution is 2.22. The third-order valence-electron chi connectivity index (χ3n) is 4.16. The Morgan fingerprint density at radius 1 is 1.26 bits per heavy atom. The van der Waals surface area contributed by atoms with Crippen LogP contribution in [-0.4, -0.2) is 51.9 Å². The first-order valence-corrected chi connectivity index (χ1v) is 9.27. The summed E-state index contributed by atoms with van der Waals surface area (Å²) in [6, 6.07) is 4.59. The van der Waals surface area contributed by atoms with Gasteiger partial charge in [-0.15, -0.1) is 0 Å². The van der Waals surface area contributed by atoms with Crippen LogP contribution in [0.5, 0.6) is 0 Å². The molecule has 1 rings (SSSR count). The first-order valence-electron chi connectivity index (χ1n) is 7.83. The van der Waals surface area contributed by atoms with Crippen molar-refractivity contribution in [2.75, 3.05) is 32.5 Å². The van der Waals surface area contributed by atoms with Crippen molar-refractivity contribution in [1.82, 2.24) is 4.31 Å². The van der Waals surface area contributed by atoms with Gasteiger partial charge in [0, 0.05) is 19.8 Å². The molecule has 0 spiro atoms. The van der Waals surface area contributed by atoms with Crippen LogP contribution in [0.25, 0.3) is 0 Å². The summed E-state index contributed by atoms with van der Waals surface area (Å²) in [5.41, 5.74) is 1.37. The van der Waals surface area contributed by atoms with Gasteiger partial charge < -0.3 is 10.2 Å². The maximum atomic E-state index is 12.4. The smallest absolute Gasteiger partial charge is 0.282 e. The van der Waals surface area contributed by atoms with E-state index in [4.69, 9.17) is 0 Å². The molecule has 1 atom stereocenters. The minimum absolute atomic E-state index is 0.105. The molecule has 0 radical (unpaired) electrons. The Labute approximate surface area is 139 Å².